The van der Waals surface area contributed by atoms with Crippen molar-refractivity contribution < 1.29 is 9.59 Å². The van der Waals surface area contributed by atoms with E-state index in [0.717, 1.165) is 63.0 Å². The molecule has 0 fully saturated rings. The first-order chi connectivity index (χ1) is 12.5. The van der Waals surface area contributed by atoms with E-state index in [-0.39, 0.29) is 11.6 Å². The molecule has 0 aliphatic carbocycles. The standard InChI is InChI=1S/C18H28N6O2/c1-15(25)7-3-5-11-23-13-17(19-21-23)9-10-18-14-24(22-20-18)12-6-4-8-16(2)26/h13-14H,3-12H2,1-2H3. The minimum absolute atomic E-state index is 0.233. The van der Waals surface area contributed by atoms with Gasteiger partial charge in [0.05, 0.1) is 11.4 Å². The molecule has 0 atom stereocenters. The molecule has 0 spiro atoms. The number of Topliss-reactive ketones (excluding diaryl/α,β-unsaturated/α-hetero) is 2. The number of aromatic nitrogens is 6. The number of rotatable bonds is 13. The zero-order valence-electron chi connectivity index (χ0n) is 15.7. The third-order valence-corrected chi connectivity index (χ3v) is 4.14. The van der Waals surface area contributed by atoms with Crippen LogP contribution in [0.2, 0.25) is 0 Å². The molecule has 8 nitrogen and oxygen atoms in total. The highest BCUT2D eigenvalue weighted by molar-refractivity contribution is 5.75. The van der Waals surface area contributed by atoms with Gasteiger partial charge < -0.3 is 9.59 Å². The zero-order chi connectivity index (χ0) is 18.8. The summed E-state index contributed by atoms with van der Waals surface area (Å²) in [6.45, 7) is 4.82. The largest absolute Gasteiger partial charge is 0.300 e. The molecule has 0 N–H and O–H groups in total. The Morgan fingerprint density at radius 1 is 0.769 bits per heavy atom. The topological polar surface area (TPSA) is 95.6 Å². The number of nitrogens with zero attached hydrogens (tertiary/aromatic N) is 6. The third kappa shape index (κ3) is 7.67. The lowest BCUT2D eigenvalue weighted by atomic mass is 10.2. The Balaban J connectivity index is 1.67. The predicted octanol–water partition coefficient (Wildman–Crippen LogP) is 2.17. The van der Waals surface area contributed by atoms with Crippen molar-refractivity contribution >= 4 is 11.6 Å². The Morgan fingerprint density at radius 2 is 1.19 bits per heavy atom. The Morgan fingerprint density at radius 3 is 1.58 bits per heavy atom. The second kappa shape index (κ2) is 10.6. The maximum absolute atomic E-state index is 10.9. The summed E-state index contributed by atoms with van der Waals surface area (Å²) in [5.74, 6) is 0.465. The Labute approximate surface area is 154 Å². The van der Waals surface area contributed by atoms with Crippen molar-refractivity contribution in [2.24, 2.45) is 0 Å². The van der Waals surface area contributed by atoms with Crippen molar-refractivity contribution in [2.75, 3.05) is 0 Å². The van der Waals surface area contributed by atoms with Crippen LogP contribution in [0.3, 0.4) is 0 Å². The highest BCUT2D eigenvalue weighted by atomic mass is 16.1. The Kier molecular flexibility index (Phi) is 8.11. The van der Waals surface area contributed by atoms with Crippen molar-refractivity contribution in [3.8, 4) is 0 Å². The van der Waals surface area contributed by atoms with E-state index in [0.29, 0.717) is 12.8 Å². The summed E-state index contributed by atoms with van der Waals surface area (Å²) >= 11 is 0. The van der Waals surface area contributed by atoms with E-state index in [4.69, 9.17) is 0 Å². The number of unbranched alkanes of at least 4 members (excludes halogenated alkanes) is 2. The molecule has 2 rings (SSSR count). The fourth-order valence-electron chi connectivity index (χ4n) is 2.68. The van der Waals surface area contributed by atoms with Gasteiger partial charge in [-0.05, 0) is 52.4 Å². The van der Waals surface area contributed by atoms with E-state index in [2.05, 4.69) is 20.6 Å². The molecule has 0 bridgehead atoms. The van der Waals surface area contributed by atoms with Crippen LogP contribution in [-0.4, -0.2) is 41.6 Å². The Bertz CT molecular complexity index is 646. The van der Waals surface area contributed by atoms with Gasteiger partial charge in [0, 0.05) is 38.3 Å². The number of carbonyl (C=O) groups excluding carboxylic acids is 2. The normalized spacial score (nSPS) is 11.0. The van der Waals surface area contributed by atoms with Crippen molar-refractivity contribution in [1.29, 1.82) is 0 Å². The van der Waals surface area contributed by atoms with Crippen molar-refractivity contribution in [1.82, 2.24) is 30.0 Å². The summed E-state index contributed by atoms with van der Waals surface area (Å²) in [5.41, 5.74) is 1.88. The summed E-state index contributed by atoms with van der Waals surface area (Å²) in [6, 6.07) is 0. The van der Waals surface area contributed by atoms with Gasteiger partial charge in [-0.25, -0.2) is 0 Å². The van der Waals surface area contributed by atoms with Crippen LogP contribution in [0.1, 0.15) is 63.8 Å². The van der Waals surface area contributed by atoms with Crippen LogP contribution in [0.25, 0.3) is 0 Å². The van der Waals surface area contributed by atoms with Gasteiger partial charge in [0.1, 0.15) is 11.6 Å². The molecule has 0 amide bonds. The lowest BCUT2D eigenvalue weighted by Gasteiger charge is -1.99. The molecular weight excluding hydrogens is 332 g/mol. The number of carbonyl (C=O) groups is 2. The molecule has 2 aromatic rings. The van der Waals surface area contributed by atoms with E-state index < -0.39 is 0 Å². The van der Waals surface area contributed by atoms with Gasteiger partial charge in [-0.3, -0.25) is 9.36 Å². The molecule has 26 heavy (non-hydrogen) atoms. The minimum Gasteiger partial charge on any atom is -0.300 e. The van der Waals surface area contributed by atoms with E-state index in [1.807, 2.05) is 21.8 Å². The maximum Gasteiger partial charge on any atom is 0.129 e. The average molecular weight is 360 g/mol. The summed E-state index contributed by atoms with van der Waals surface area (Å²) < 4.78 is 3.67. The first-order valence-electron chi connectivity index (χ1n) is 9.30. The molecule has 0 aliphatic heterocycles. The molecule has 0 saturated carbocycles. The number of hydrogen-bond donors (Lipinski definition) is 0. The van der Waals surface area contributed by atoms with Gasteiger partial charge in [-0.15, -0.1) is 10.2 Å². The second-order valence-electron chi connectivity index (χ2n) is 6.76. The van der Waals surface area contributed by atoms with Gasteiger partial charge in [0.25, 0.3) is 0 Å². The molecule has 2 heterocycles. The van der Waals surface area contributed by atoms with Crippen LogP contribution in [0, 0.1) is 0 Å². The number of hydrogen-bond acceptors (Lipinski definition) is 6. The van der Waals surface area contributed by atoms with Crippen LogP contribution in [0.15, 0.2) is 12.4 Å². The highest BCUT2D eigenvalue weighted by Crippen LogP contribution is 2.05. The smallest absolute Gasteiger partial charge is 0.129 e. The molecule has 0 aromatic carbocycles. The molecule has 0 unspecified atom stereocenters. The molecule has 8 heteroatoms. The summed E-state index contributed by atoms with van der Waals surface area (Å²) in [5, 5.41) is 16.6. The van der Waals surface area contributed by atoms with E-state index in [1.54, 1.807) is 13.8 Å². The maximum atomic E-state index is 10.9. The molecular formula is C18H28N6O2. The minimum atomic E-state index is 0.233. The summed E-state index contributed by atoms with van der Waals surface area (Å²) in [4.78, 5) is 21.8. The van der Waals surface area contributed by atoms with Gasteiger partial charge >= 0.3 is 0 Å². The SMILES string of the molecule is CC(=O)CCCCn1cc(CCc2cn(CCCCC(C)=O)nn2)nn1. The van der Waals surface area contributed by atoms with Crippen molar-refractivity contribution in [2.45, 2.75) is 78.3 Å². The van der Waals surface area contributed by atoms with E-state index in [1.165, 1.54) is 0 Å². The van der Waals surface area contributed by atoms with Crippen LogP contribution in [-0.2, 0) is 35.5 Å². The fraction of sp³-hybridized carbons (Fsp3) is 0.667. The first-order valence-corrected chi connectivity index (χ1v) is 9.30. The molecule has 142 valence electrons. The number of aryl methyl sites for hydroxylation is 4. The van der Waals surface area contributed by atoms with E-state index >= 15 is 0 Å². The molecule has 0 radical (unpaired) electrons. The number of ketones is 2. The quantitative estimate of drug-likeness (QED) is 0.508. The van der Waals surface area contributed by atoms with Gasteiger partial charge in [0.2, 0.25) is 0 Å². The second-order valence-corrected chi connectivity index (χ2v) is 6.76. The first kappa shape index (κ1) is 19.9. The van der Waals surface area contributed by atoms with Crippen LogP contribution >= 0.6 is 0 Å². The molecule has 2 aromatic heterocycles. The van der Waals surface area contributed by atoms with Crippen molar-refractivity contribution in [3.63, 3.8) is 0 Å². The van der Waals surface area contributed by atoms with Crippen LogP contribution in [0.4, 0.5) is 0 Å². The predicted molar refractivity (Wildman–Crippen MR) is 96.5 cm³/mol. The summed E-state index contributed by atoms with van der Waals surface area (Å²) in [7, 11) is 0. The fourth-order valence-corrected chi connectivity index (χ4v) is 2.68. The monoisotopic (exact) mass is 360 g/mol. The van der Waals surface area contributed by atoms with Crippen molar-refractivity contribution in [3.05, 3.63) is 23.8 Å². The average Bonchev–Trinajstić information content (AvgIpc) is 3.23. The van der Waals surface area contributed by atoms with Crippen LogP contribution < -0.4 is 0 Å². The van der Waals surface area contributed by atoms with Gasteiger partial charge in [0.15, 0.2) is 0 Å². The lowest BCUT2D eigenvalue weighted by molar-refractivity contribution is -0.118. The molecule has 0 saturated heterocycles. The van der Waals surface area contributed by atoms with Crippen LogP contribution in [0.5, 0.6) is 0 Å². The summed E-state index contributed by atoms with van der Waals surface area (Å²) in [6.07, 6.45) is 10.4. The third-order valence-electron chi connectivity index (χ3n) is 4.14. The Hall–Kier alpha value is -2.38. The molecule has 0 aliphatic rings. The van der Waals surface area contributed by atoms with E-state index in [9.17, 15) is 9.59 Å². The zero-order valence-corrected chi connectivity index (χ0v) is 15.7. The van der Waals surface area contributed by atoms with Gasteiger partial charge in [-0.1, -0.05) is 10.4 Å². The lowest BCUT2D eigenvalue weighted by Crippen LogP contribution is -2.00. The van der Waals surface area contributed by atoms with Gasteiger partial charge in [-0.2, -0.15) is 0 Å². The highest BCUT2D eigenvalue weighted by Gasteiger charge is 2.05.